The first-order valence-electron chi connectivity index (χ1n) is 4.40. The van der Waals surface area contributed by atoms with Crippen LogP contribution < -0.4 is 0 Å². The summed E-state index contributed by atoms with van der Waals surface area (Å²) >= 11 is 5.59. The molecule has 0 atom stereocenters. The van der Waals surface area contributed by atoms with E-state index < -0.39 is 5.97 Å². The molecule has 2 aromatic rings. The molecular formula is C11H7ClO4. The molecule has 5 heteroatoms. The highest BCUT2D eigenvalue weighted by Gasteiger charge is 2.06. The quantitative estimate of drug-likeness (QED) is 0.890. The number of hydrogen-bond donors (Lipinski definition) is 1. The van der Waals surface area contributed by atoms with Crippen LogP contribution in [0.3, 0.4) is 0 Å². The van der Waals surface area contributed by atoms with E-state index in [4.69, 9.17) is 25.5 Å². The van der Waals surface area contributed by atoms with Gasteiger partial charge in [0, 0.05) is 0 Å². The van der Waals surface area contributed by atoms with Gasteiger partial charge in [0.25, 0.3) is 0 Å². The second-order valence-corrected chi connectivity index (χ2v) is 3.39. The van der Waals surface area contributed by atoms with Crippen molar-refractivity contribution in [3.05, 3.63) is 46.8 Å². The van der Waals surface area contributed by atoms with Crippen LogP contribution in [0.1, 0.15) is 21.9 Å². The Kier molecular flexibility index (Phi) is 2.83. The van der Waals surface area contributed by atoms with E-state index in [9.17, 15) is 4.79 Å². The van der Waals surface area contributed by atoms with E-state index in [1.807, 2.05) is 0 Å². The van der Waals surface area contributed by atoms with E-state index in [2.05, 4.69) is 0 Å². The Morgan fingerprint density at radius 3 is 2.62 bits per heavy atom. The molecule has 0 aliphatic rings. The molecule has 0 aliphatic heterocycles. The fraction of sp³-hybridized carbons (Fsp3) is 0. The third kappa shape index (κ3) is 2.35. The van der Waals surface area contributed by atoms with Crippen LogP contribution in [-0.4, -0.2) is 11.1 Å². The van der Waals surface area contributed by atoms with Crippen molar-refractivity contribution in [3.63, 3.8) is 0 Å². The number of hydrogen-bond acceptors (Lipinski definition) is 3. The second kappa shape index (κ2) is 4.28. The van der Waals surface area contributed by atoms with Crippen LogP contribution in [0.25, 0.3) is 12.2 Å². The lowest BCUT2D eigenvalue weighted by atomic mass is 10.3. The number of furan rings is 2. The molecule has 16 heavy (non-hydrogen) atoms. The first kappa shape index (κ1) is 10.6. The van der Waals surface area contributed by atoms with Gasteiger partial charge in [-0.25, -0.2) is 4.79 Å². The van der Waals surface area contributed by atoms with E-state index in [0.717, 1.165) is 0 Å². The predicted octanol–water partition coefficient (Wildman–Crippen LogP) is 3.39. The van der Waals surface area contributed by atoms with Crippen molar-refractivity contribution in [2.45, 2.75) is 0 Å². The molecule has 4 nitrogen and oxygen atoms in total. The van der Waals surface area contributed by atoms with Crippen molar-refractivity contribution < 1.29 is 18.7 Å². The third-order valence-electron chi connectivity index (χ3n) is 1.87. The summed E-state index contributed by atoms with van der Waals surface area (Å²) in [6.45, 7) is 0. The lowest BCUT2D eigenvalue weighted by Crippen LogP contribution is -1.91. The molecule has 2 rings (SSSR count). The van der Waals surface area contributed by atoms with Crippen molar-refractivity contribution in [1.82, 2.24) is 0 Å². The zero-order valence-electron chi connectivity index (χ0n) is 8.01. The van der Waals surface area contributed by atoms with Crippen LogP contribution in [0.4, 0.5) is 0 Å². The Morgan fingerprint density at radius 1 is 1.31 bits per heavy atom. The standard InChI is InChI=1S/C11H7ClO4/c12-10-4-3-8(16-10)1-2-9-5-7(6-15-9)11(13)14/h1-6H,(H,13,14)/b2-1+. The molecule has 0 aromatic carbocycles. The van der Waals surface area contributed by atoms with Crippen LogP contribution >= 0.6 is 11.6 Å². The van der Waals surface area contributed by atoms with Gasteiger partial charge in [0.05, 0.1) is 5.56 Å². The minimum atomic E-state index is -1.02. The normalized spacial score (nSPS) is 11.1. The molecule has 0 amide bonds. The molecule has 0 bridgehead atoms. The molecule has 2 heterocycles. The summed E-state index contributed by atoms with van der Waals surface area (Å²) in [6, 6.07) is 4.73. The summed E-state index contributed by atoms with van der Waals surface area (Å²) < 4.78 is 10.1. The molecule has 0 unspecified atom stereocenters. The van der Waals surface area contributed by atoms with E-state index >= 15 is 0 Å². The van der Waals surface area contributed by atoms with Crippen molar-refractivity contribution in [2.75, 3.05) is 0 Å². The smallest absolute Gasteiger partial charge is 0.338 e. The zero-order valence-corrected chi connectivity index (χ0v) is 8.77. The van der Waals surface area contributed by atoms with Crippen molar-refractivity contribution >= 4 is 29.7 Å². The first-order valence-corrected chi connectivity index (χ1v) is 4.78. The largest absolute Gasteiger partial charge is 0.478 e. The number of rotatable bonds is 3. The van der Waals surface area contributed by atoms with Crippen molar-refractivity contribution in [1.29, 1.82) is 0 Å². The maximum absolute atomic E-state index is 10.6. The molecule has 0 saturated carbocycles. The van der Waals surface area contributed by atoms with Gasteiger partial charge in [-0.15, -0.1) is 0 Å². The Hall–Kier alpha value is -1.94. The van der Waals surface area contributed by atoms with Crippen molar-refractivity contribution in [3.8, 4) is 0 Å². The minimum Gasteiger partial charge on any atom is -0.478 e. The van der Waals surface area contributed by atoms with Crippen molar-refractivity contribution in [2.24, 2.45) is 0 Å². The Morgan fingerprint density at radius 2 is 2.06 bits per heavy atom. The summed E-state index contributed by atoms with van der Waals surface area (Å²) in [5.74, 6) is -0.0207. The third-order valence-corrected chi connectivity index (χ3v) is 2.08. The Bertz CT molecular complexity index is 536. The highest BCUT2D eigenvalue weighted by atomic mass is 35.5. The average Bonchev–Trinajstić information content (AvgIpc) is 2.83. The lowest BCUT2D eigenvalue weighted by Gasteiger charge is -1.83. The highest BCUT2D eigenvalue weighted by Crippen LogP contribution is 2.16. The van der Waals surface area contributed by atoms with Crippen LogP contribution in [0, 0.1) is 0 Å². The maximum atomic E-state index is 10.6. The van der Waals surface area contributed by atoms with Crippen LogP contribution in [0.15, 0.2) is 33.3 Å². The first-order chi connectivity index (χ1) is 7.65. The molecule has 0 saturated heterocycles. The van der Waals surface area contributed by atoms with E-state index in [1.54, 1.807) is 24.3 Å². The molecule has 0 radical (unpaired) electrons. The van der Waals surface area contributed by atoms with Gasteiger partial charge in [-0.1, -0.05) is 0 Å². The van der Waals surface area contributed by atoms with Gasteiger partial charge in [0.2, 0.25) is 0 Å². The summed E-state index contributed by atoms with van der Waals surface area (Å²) in [5.41, 5.74) is 0.108. The topological polar surface area (TPSA) is 63.6 Å². The minimum absolute atomic E-state index is 0.108. The number of carbonyl (C=O) groups is 1. The van der Waals surface area contributed by atoms with E-state index in [-0.39, 0.29) is 5.56 Å². The van der Waals surface area contributed by atoms with Crippen LogP contribution in [-0.2, 0) is 0 Å². The summed E-state index contributed by atoms with van der Waals surface area (Å²) in [7, 11) is 0. The molecule has 0 aliphatic carbocycles. The second-order valence-electron chi connectivity index (χ2n) is 3.02. The Balaban J connectivity index is 2.14. The van der Waals surface area contributed by atoms with Gasteiger partial charge in [0.1, 0.15) is 17.8 Å². The zero-order chi connectivity index (χ0) is 11.5. The molecular weight excluding hydrogens is 232 g/mol. The van der Waals surface area contributed by atoms with E-state index in [1.165, 1.54) is 12.3 Å². The highest BCUT2D eigenvalue weighted by molar-refractivity contribution is 6.28. The van der Waals surface area contributed by atoms with Crippen LogP contribution in [0.5, 0.6) is 0 Å². The fourth-order valence-electron chi connectivity index (χ4n) is 1.13. The molecule has 0 fully saturated rings. The van der Waals surface area contributed by atoms with E-state index in [0.29, 0.717) is 16.7 Å². The SMILES string of the molecule is O=C(O)c1coc(/C=C/c2ccc(Cl)o2)c1. The maximum Gasteiger partial charge on any atom is 0.338 e. The molecule has 2 aromatic heterocycles. The van der Waals surface area contributed by atoms with Gasteiger partial charge < -0.3 is 13.9 Å². The number of aromatic carboxylic acids is 1. The molecule has 0 spiro atoms. The van der Waals surface area contributed by atoms with Gasteiger partial charge >= 0.3 is 5.97 Å². The van der Waals surface area contributed by atoms with Gasteiger partial charge in [-0.2, -0.15) is 0 Å². The van der Waals surface area contributed by atoms with Gasteiger partial charge in [-0.3, -0.25) is 0 Å². The fourth-order valence-corrected chi connectivity index (χ4v) is 1.29. The molecule has 82 valence electrons. The number of carboxylic acid groups (broad SMARTS) is 1. The van der Waals surface area contributed by atoms with Crippen LogP contribution in [0.2, 0.25) is 5.22 Å². The number of carboxylic acids is 1. The summed E-state index contributed by atoms with van der Waals surface area (Å²) in [5, 5.41) is 8.96. The van der Waals surface area contributed by atoms with Gasteiger partial charge in [0.15, 0.2) is 5.22 Å². The predicted molar refractivity (Wildman–Crippen MR) is 58.3 cm³/mol. The number of halogens is 1. The lowest BCUT2D eigenvalue weighted by molar-refractivity contribution is 0.0696. The monoisotopic (exact) mass is 238 g/mol. The molecule has 1 N–H and O–H groups in total. The summed E-state index contributed by atoms with van der Waals surface area (Å²) in [4.78, 5) is 10.6. The summed E-state index contributed by atoms with van der Waals surface area (Å²) in [6.07, 6.45) is 4.41. The van der Waals surface area contributed by atoms with Gasteiger partial charge in [-0.05, 0) is 42.0 Å². The Labute approximate surface area is 95.7 Å². The average molecular weight is 239 g/mol.